The molecule has 0 aromatic rings. The van der Waals surface area contributed by atoms with Crippen LogP contribution in [0.1, 0.15) is 45.4 Å². The molecule has 4 atom stereocenters. The number of rotatable bonds is 4. The molecule has 2 aliphatic carbocycles. The van der Waals surface area contributed by atoms with Crippen LogP contribution in [-0.4, -0.2) is 6.04 Å². The first-order chi connectivity index (χ1) is 7.33. The van der Waals surface area contributed by atoms with E-state index < -0.39 is 0 Å². The van der Waals surface area contributed by atoms with Gasteiger partial charge in [0.1, 0.15) is 0 Å². The maximum atomic E-state index is 5.57. The average molecular weight is 206 g/mol. The van der Waals surface area contributed by atoms with Crippen molar-refractivity contribution < 1.29 is 0 Å². The summed E-state index contributed by atoms with van der Waals surface area (Å²) in [5.74, 6) is 14.6. The van der Waals surface area contributed by atoms with E-state index in [9.17, 15) is 0 Å². The lowest BCUT2D eigenvalue weighted by molar-refractivity contribution is 0.280. The topological polar surface area (TPSA) is 38.0 Å². The van der Waals surface area contributed by atoms with Gasteiger partial charge in [-0.05, 0) is 50.4 Å². The maximum Gasteiger partial charge on any atom is 0.0322 e. The molecule has 0 aliphatic heterocycles. The van der Waals surface area contributed by atoms with Crippen molar-refractivity contribution in [3.05, 3.63) is 0 Å². The van der Waals surface area contributed by atoms with Gasteiger partial charge in [0, 0.05) is 12.5 Å². The normalized spacial score (nSPS) is 34.9. The van der Waals surface area contributed by atoms with E-state index in [4.69, 9.17) is 5.84 Å². The smallest absolute Gasteiger partial charge is 0.0322 e. The molecule has 0 aromatic carbocycles. The van der Waals surface area contributed by atoms with E-state index in [0.717, 1.165) is 24.2 Å². The van der Waals surface area contributed by atoms with Crippen molar-refractivity contribution in [3.8, 4) is 11.8 Å². The molecule has 2 rings (SSSR count). The van der Waals surface area contributed by atoms with E-state index in [2.05, 4.69) is 17.3 Å². The molecule has 15 heavy (non-hydrogen) atoms. The fourth-order valence-corrected chi connectivity index (χ4v) is 3.47. The predicted octanol–water partition coefficient (Wildman–Crippen LogP) is 2.06. The molecule has 0 saturated heterocycles. The van der Waals surface area contributed by atoms with Crippen LogP contribution in [0.2, 0.25) is 0 Å². The third-order valence-corrected chi connectivity index (χ3v) is 4.23. The second kappa shape index (κ2) is 5.01. The van der Waals surface area contributed by atoms with Crippen molar-refractivity contribution in [1.82, 2.24) is 5.43 Å². The van der Waals surface area contributed by atoms with E-state index in [1.165, 1.54) is 32.1 Å². The molecule has 0 spiro atoms. The summed E-state index contributed by atoms with van der Waals surface area (Å²) >= 11 is 0. The van der Waals surface area contributed by atoms with Gasteiger partial charge < -0.3 is 0 Å². The SMILES string of the molecule is CC#CCC(CC1CC2CCC1C2)NN. The summed E-state index contributed by atoms with van der Waals surface area (Å²) in [7, 11) is 0. The quantitative estimate of drug-likeness (QED) is 0.420. The van der Waals surface area contributed by atoms with Crippen LogP contribution in [0.3, 0.4) is 0 Å². The van der Waals surface area contributed by atoms with E-state index in [1.54, 1.807) is 0 Å². The Morgan fingerprint density at radius 3 is 2.80 bits per heavy atom. The highest BCUT2D eigenvalue weighted by Gasteiger charge is 2.39. The van der Waals surface area contributed by atoms with Crippen LogP contribution in [0.25, 0.3) is 0 Å². The zero-order chi connectivity index (χ0) is 10.7. The van der Waals surface area contributed by atoms with Crippen molar-refractivity contribution in [2.45, 2.75) is 51.5 Å². The Hall–Kier alpha value is -0.520. The summed E-state index contributed by atoms with van der Waals surface area (Å²) in [6.45, 7) is 1.89. The zero-order valence-corrected chi connectivity index (χ0v) is 9.63. The molecule has 4 unspecified atom stereocenters. The summed E-state index contributed by atoms with van der Waals surface area (Å²) < 4.78 is 0. The molecule has 3 N–H and O–H groups in total. The predicted molar refractivity (Wildman–Crippen MR) is 62.7 cm³/mol. The number of nitrogens with one attached hydrogen (secondary N) is 1. The molecule has 0 radical (unpaired) electrons. The fraction of sp³-hybridized carbons (Fsp3) is 0.846. The third-order valence-electron chi connectivity index (χ3n) is 4.23. The van der Waals surface area contributed by atoms with Crippen molar-refractivity contribution in [2.75, 3.05) is 0 Å². The highest BCUT2D eigenvalue weighted by atomic mass is 15.2. The summed E-state index contributed by atoms with van der Waals surface area (Å²) in [5.41, 5.74) is 2.92. The lowest BCUT2D eigenvalue weighted by Gasteiger charge is -2.25. The molecular weight excluding hydrogens is 184 g/mol. The summed E-state index contributed by atoms with van der Waals surface area (Å²) in [6.07, 6.45) is 8.01. The van der Waals surface area contributed by atoms with Gasteiger partial charge in [0.2, 0.25) is 0 Å². The van der Waals surface area contributed by atoms with Gasteiger partial charge in [-0.3, -0.25) is 11.3 Å². The van der Waals surface area contributed by atoms with E-state index >= 15 is 0 Å². The minimum atomic E-state index is 0.404. The molecule has 2 bridgehead atoms. The molecule has 2 fully saturated rings. The molecule has 2 saturated carbocycles. The van der Waals surface area contributed by atoms with Gasteiger partial charge in [-0.2, -0.15) is 0 Å². The molecule has 0 heterocycles. The van der Waals surface area contributed by atoms with Crippen molar-refractivity contribution in [3.63, 3.8) is 0 Å². The average Bonchev–Trinajstić information content (AvgIpc) is 2.85. The van der Waals surface area contributed by atoms with Gasteiger partial charge >= 0.3 is 0 Å². The maximum absolute atomic E-state index is 5.57. The van der Waals surface area contributed by atoms with Crippen LogP contribution in [-0.2, 0) is 0 Å². The molecule has 0 amide bonds. The van der Waals surface area contributed by atoms with Crippen LogP contribution in [0.5, 0.6) is 0 Å². The Labute approximate surface area is 93.0 Å². The standard InChI is InChI=1S/C13H22N2/c1-2-3-4-13(15-14)9-12-8-10-5-6-11(12)7-10/h10-13,15H,4-9,14H2,1H3. The van der Waals surface area contributed by atoms with Crippen molar-refractivity contribution in [1.29, 1.82) is 0 Å². The Balaban J connectivity index is 1.81. The van der Waals surface area contributed by atoms with Gasteiger partial charge in [-0.1, -0.05) is 6.42 Å². The first-order valence-electron chi connectivity index (χ1n) is 6.19. The highest BCUT2D eigenvalue weighted by molar-refractivity contribution is 4.99. The number of fused-ring (bicyclic) bond motifs is 2. The van der Waals surface area contributed by atoms with Gasteiger partial charge in [-0.25, -0.2) is 0 Å². The van der Waals surface area contributed by atoms with E-state index in [1.807, 2.05) is 6.92 Å². The Bertz CT molecular complexity index is 263. The first-order valence-corrected chi connectivity index (χ1v) is 6.19. The van der Waals surface area contributed by atoms with Crippen LogP contribution in [0.15, 0.2) is 0 Å². The highest BCUT2D eigenvalue weighted by Crippen LogP contribution is 2.49. The monoisotopic (exact) mass is 206 g/mol. The summed E-state index contributed by atoms with van der Waals surface area (Å²) in [4.78, 5) is 0. The number of hydrogen-bond acceptors (Lipinski definition) is 2. The Morgan fingerprint density at radius 2 is 2.27 bits per heavy atom. The lowest BCUT2D eigenvalue weighted by Crippen LogP contribution is -2.37. The van der Waals surface area contributed by atoms with Crippen LogP contribution < -0.4 is 11.3 Å². The van der Waals surface area contributed by atoms with Crippen molar-refractivity contribution >= 4 is 0 Å². The Kier molecular flexibility index (Phi) is 3.66. The van der Waals surface area contributed by atoms with Crippen LogP contribution in [0.4, 0.5) is 0 Å². The summed E-state index contributed by atoms with van der Waals surface area (Å²) in [6, 6.07) is 0.404. The van der Waals surface area contributed by atoms with Crippen LogP contribution >= 0.6 is 0 Å². The Morgan fingerprint density at radius 1 is 1.40 bits per heavy atom. The van der Waals surface area contributed by atoms with Gasteiger partial charge in [0.15, 0.2) is 0 Å². The molecule has 84 valence electrons. The minimum Gasteiger partial charge on any atom is -0.271 e. The number of nitrogens with two attached hydrogens (primary N) is 1. The lowest BCUT2D eigenvalue weighted by atomic mass is 9.84. The largest absolute Gasteiger partial charge is 0.271 e. The molecular formula is C13H22N2. The van der Waals surface area contributed by atoms with Gasteiger partial charge in [0.25, 0.3) is 0 Å². The van der Waals surface area contributed by atoms with E-state index in [-0.39, 0.29) is 0 Å². The van der Waals surface area contributed by atoms with Crippen LogP contribution in [0, 0.1) is 29.6 Å². The molecule has 2 nitrogen and oxygen atoms in total. The first kappa shape index (κ1) is 11.0. The fourth-order valence-electron chi connectivity index (χ4n) is 3.47. The second-order valence-corrected chi connectivity index (χ2v) is 5.17. The van der Waals surface area contributed by atoms with Crippen molar-refractivity contribution in [2.24, 2.45) is 23.6 Å². The molecule has 2 heteroatoms. The molecule has 0 aromatic heterocycles. The van der Waals surface area contributed by atoms with Gasteiger partial charge in [-0.15, -0.1) is 11.8 Å². The number of hydrogen-bond donors (Lipinski definition) is 2. The van der Waals surface area contributed by atoms with E-state index in [0.29, 0.717) is 6.04 Å². The second-order valence-electron chi connectivity index (χ2n) is 5.17. The zero-order valence-electron chi connectivity index (χ0n) is 9.63. The summed E-state index contributed by atoms with van der Waals surface area (Å²) in [5, 5.41) is 0. The van der Waals surface area contributed by atoms with Gasteiger partial charge in [0.05, 0.1) is 0 Å². The molecule has 2 aliphatic rings. The third kappa shape index (κ3) is 2.53. The minimum absolute atomic E-state index is 0.404. The number of hydrazine groups is 1.